The van der Waals surface area contributed by atoms with Crippen LogP contribution in [0.4, 0.5) is 0 Å². The molecule has 0 unspecified atom stereocenters. The number of hydrogen-bond acceptors (Lipinski definition) is 5. The Morgan fingerprint density at radius 3 is 2.69 bits per heavy atom. The van der Waals surface area contributed by atoms with Crippen LogP contribution in [0.25, 0.3) is 0 Å². The van der Waals surface area contributed by atoms with Crippen LogP contribution in [0.3, 0.4) is 0 Å². The number of aliphatic hydroxyl groups excluding tert-OH is 1. The third-order valence-electron chi connectivity index (χ3n) is 5.25. The summed E-state index contributed by atoms with van der Waals surface area (Å²) in [6.45, 7) is 3.59. The fraction of sp³-hybridized carbons (Fsp3) is 0.583. The molecule has 160 valence electrons. The van der Waals surface area contributed by atoms with Crippen molar-refractivity contribution >= 4 is 11.8 Å². The number of unbranched alkanes of at least 4 members (excludes halogenated alkanes) is 3. The highest BCUT2D eigenvalue weighted by Crippen LogP contribution is 2.21. The first-order valence-electron chi connectivity index (χ1n) is 10.9. The Morgan fingerprint density at radius 1 is 1.17 bits per heavy atom. The summed E-state index contributed by atoms with van der Waals surface area (Å²) in [7, 11) is 0. The first-order valence-corrected chi connectivity index (χ1v) is 10.9. The zero-order chi connectivity index (χ0) is 20.9. The number of hydrogen-bond donors (Lipinski definition) is 1. The van der Waals surface area contributed by atoms with Gasteiger partial charge in [0.1, 0.15) is 0 Å². The van der Waals surface area contributed by atoms with Crippen molar-refractivity contribution in [3.63, 3.8) is 0 Å². The van der Waals surface area contributed by atoms with Crippen LogP contribution < -0.4 is 0 Å². The van der Waals surface area contributed by atoms with Crippen LogP contribution in [-0.4, -0.2) is 47.6 Å². The molecular formula is C24H35NO4. The number of carbonyl (C=O) groups excluding carboxylic acids is 2. The van der Waals surface area contributed by atoms with Crippen LogP contribution in [0.2, 0.25) is 0 Å². The van der Waals surface area contributed by atoms with Gasteiger partial charge in [0.05, 0.1) is 19.3 Å². The lowest BCUT2D eigenvalue weighted by atomic mass is 10.0. The van der Waals surface area contributed by atoms with Crippen molar-refractivity contribution in [3.8, 4) is 0 Å². The molecule has 0 bridgehead atoms. The molecule has 0 amide bonds. The monoisotopic (exact) mass is 401 g/mol. The van der Waals surface area contributed by atoms with Gasteiger partial charge in [0, 0.05) is 25.1 Å². The molecule has 1 aliphatic rings. The Labute approximate surface area is 174 Å². The molecule has 1 N–H and O–H groups in total. The van der Waals surface area contributed by atoms with Gasteiger partial charge >= 0.3 is 5.97 Å². The Balaban J connectivity index is 1.69. The number of ether oxygens (including phenoxy) is 1. The highest BCUT2D eigenvalue weighted by atomic mass is 16.5. The van der Waals surface area contributed by atoms with Gasteiger partial charge in [0.15, 0.2) is 5.78 Å². The van der Waals surface area contributed by atoms with E-state index in [1.807, 2.05) is 43.3 Å². The molecule has 1 aliphatic heterocycles. The largest absolute Gasteiger partial charge is 0.466 e. The van der Waals surface area contributed by atoms with Crippen molar-refractivity contribution in [1.29, 1.82) is 0 Å². The lowest BCUT2D eigenvalue weighted by Crippen LogP contribution is -2.33. The number of Topliss-reactive ketones (excluding diaryl/α,β-unsaturated/α-hetero) is 1. The number of nitrogens with zero attached hydrogens (tertiary/aromatic N) is 1. The molecule has 2 rings (SSSR count). The van der Waals surface area contributed by atoms with Gasteiger partial charge in [-0.05, 0) is 44.6 Å². The summed E-state index contributed by atoms with van der Waals surface area (Å²) in [5.74, 6) is 0.134. The van der Waals surface area contributed by atoms with E-state index in [1.54, 1.807) is 0 Å². The molecule has 0 aliphatic carbocycles. The van der Waals surface area contributed by atoms with E-state index in [4.69, 9.17) is 4.74 Å². The maximum Gasteiger partial charge on any atom is 0.305 e. The van der Waals surface area contributed by atoms with E-state index in [2.05, 4.69) is 4.90 Å². The van der Waals surface area contributed by atoms with E-state index in [1.165, 1.54) is 5.70 Å². The molecule has 29 heavy (non-hydrogen) atoms. The highest BCUT2D eigenvalue weighted by molar-refractivity contribution is 5.83. The summed E-state index contributed by atoms with van der Waals surface area (Å²) in [6.07, 6.45) is 8.68. The summed E-state index contributed by atoms with van der Waals surface area (Å²) in [5.41, 5.74) is 2.33. The van der Waals surface area contributed by atoms with Gasteiger partial charge < -0.3 is 14.7 Å². The van der Waals surface area contributed by atoms with E-state index < -0.39 is 0 Å². The summed E-state index contributed by atoms with van der Waals surface area (Å²) in [6, 6.07) is 10.0. The maximum atomic E-state index is 11.9. The summed E-state index contributed by atoms with van der Waals surface area (Å²) in [4.78, 5) is 25.4. The molecule has 0 spiro atoms. The van der Waals surface area contributed by atoms with Crippen LogP contribution in [0.1, 0.15) is 63.9 Å². The quantitative estimate of drug-likeness (QED) is 0.399. The predicted octanol–water partition coefficient (Wildman–Crippen LogP) is 4.04. The molecule has 1 aromatic rings. The third kappa shape index (κ3) is 9.27. The highest BCUT2D eigenvalue weighted by Gasteiger charge is 2.19. The minimum absolute atomic E-state index is 0.117. The number of allylic oxidation sites excluding steroid dienone is 2. The molecule has 0 saturated heterocycles. The summed E-state index contributed by atoms with van der Waals surface area (Å²) < 4.78 is 4.94. The molecular weight excluding hydrogens is 366 g/mol. The van der Waals surface area contributed by atoms with Crippen LogP contribution in [0, 0.1) is 0 Å². The first-order chi connectivity index (χ1) is 14.1. The Hall–Kier alpha value is -2.14. The average molecular weight is 402 g/mol. The second-order valence-electron chi connectivity index (χ2n) is 7.71. The average Bonchev–Trinajstić information content (AvgIpc) is 2.71. The molecule has 1 atom stereocenters. The third-order valence-corrected chi connectivity index (χ3v) is 5.25. The van der Waals surface area contributed by atoms with Gasteiger partial charge in [-0.1, -0.05) is 49.2 Å². The van der Waals surface area contributed by atoms with Gasteiger partial charge in [0.25, 0.3) is 0 Å². The Morgan fingerprint density at radius 2 is 1.93 bits per heavy atom. The number of rotatable bonds is 13. The maximum absolute atomic E-state index is 11.9. The van der Waals surface area contributed by atoms with Crippen molar-refractivity contribution in [1.82, 2.24) is 4.90 Å². The zero-order valence-electron chi connectivity index (χ0n) is 17.6. The van der Waals surface area contributed by atoms with E-state index in [9.17, 15) is 14.7 Å². The summed E-state index contributed by atoms with van der Waals surface area (Å²) in [5, 5.41) is 10.4. The first kappa shape index (κ1) is 23.1. The fourth-order valence-electron chi connectivity index (χ4n) is 3.68. The zero-order valence-corrected chi connectivity index (χ0v) is 17.6. The van der Waals surface area contributed by atoms with Crippen molar-refractivity contribution in [2.24, 2.45) is 0 Å². The fourth-order valence-corrected chi connectivity index (χ4v) is 3.68. The SMILES string of the molecule is CCOC(=O)CCCCCCN1CC(=O)CC=C1CC[C@@H](O)Cc1ccccc1. The van der Waals surface area contributed by atoms with Gasteiger partial charge in [-0.3, -0.25) is 9.59 Å². The topological polar surface area (TPSA) is 66.8 Å². The van der Waals surface area contributed by atoms with Crippen LogP contribution >= 0.6 is 0 Å². The molecule has 0 fully saturated rings. The lowest BCUT2D eigenvalue weighted by molar-refractivity contribution is -0.143. The standard InChI is InChI=1S/C24H35NO4/c1-2-29-24(28)12-8-3-4-9-17-25-19-23(27)16-14-21(25)13-15-22(26)18-20-10-6-5-7-11-20/h5-7,10-11,14,22,26H,2-4,8-9,12-13,15-19H2,1H3/t22-/m1/s1. The van der Waals surface area contributed by atoms with E-state index >= 15 is 0 Å². The Bertz CT molecular complexity index is 656. The molecule has 0 radical (unpaired) electrons. The van der Waals surface area contributed by atoms with Crippen molar-refractivity contribution in [2.45, 2.75) is 70.8 Å². The molecule has 5 nitrogen and oxygen atoms in total. The van der Waals surface area contributed by atoms with E-state index in [0.29, 0.717) is 38.8 Å². The minimum Gasteiger partial charge on any atom is -0.466 e. The minimum atomic E-state index is -0.374. The smallest absolute Gasteiger partial charge is 0.305 e. The van der Waals surface area contributed by atoms with Crippen molar-refractivity contribution in [3.05, 3.63) is 47.7 Å². The number of carbonyl (C=O) groups is 2. The molecule has 1 heterocycles. The lowest BCUT2D eigenvalue weighted by Gasteiger charge is -2.30. The summed E-state index contributed by atoms with van der Waals surface area (Å²) >= 11 is 0. The molecule has 5 heteroatoms. The normalized spacial score (nSPS) is 15.2. The van der Waals surface area contributed by atoms with Gasteiger partial charge in [-0.2, -0.15) is 0 Å². The molecule has 1 aromatic carbocycles. The second kappa shape index (κ2) is 13.2. The molecule has 0 saturated carbocycles. The number of benzene rings is 1. The molecule has 0 aromatic heterocycles. The van der Waals surface area contributed by atoms with Gasteiger partial charge in [0.2, 0.25) is 0 Å². The number of esters is 1. The van der Waals surface area contributed by atoms with Crippen LogP contribution in [0.5, 0.6) is 0 Å². The number of aliphatic hydroxyl groups is 1. The van der Waals surface area contributed by atoms with Gasteiger partial charge in [-0.15, -0.1) is 0 Å². The van der Waals surface area contributed by atoms with E-state index in [-0.39, 0.29) is 17.9 Å². The van der Waals surface area contributed by atoms with Gasteiger partial charge in [-0.25, -0.2) is 0 Å². The van der Waals surface area contributed by atoms with E-state index in [0.717, 1.165) is 44.2 Å². The van der Waals surface area contributed by atoms with Crippen LogP contribution in [-0.2, 0) is 20.7 Å². The Kier molecular flexibility index (Phi) is 10.5. The van der Waals surface area contributed by atoms with Crippen molar-refractivity contribution < 1.29 is 19.4 Å². The second-order valence-corrected chi connectivity index (χ2v) is 7.71. The number of ketones is 1. The van der Waals surface area contributed by atoms with Crippen molar-refractivity contribution in [2.75, 3.05) is 19.7 Å². The predicted molar refractivity (Wildman–Crippen MR) is 114 cm³/mol. The van der Waals surface area contributed by atoms with Crippen LogP contribution in [0.15, 0.2) is 42.1 Å².